The van der Waals surface area contributed by atoms with Crippen molar-refractivity contribution >= 4 is 10.9 Å². The molecule has 0 aliphatic carbocycles. The highest BCUT2D eigenvalue weighted by atomic mass is 19.1. The number of halogens is 1. The Morgan fingerprint density at radius 1 is 1.24 bits per heavy atom. The number of benzene rings is 1. The first kappa shape index (κ1) is 21.2. The van der Waals surface area contributed by atoms with Gasteiger partial charge in [-0.3, -0.25) is 4.79 Å². The maximum Gasteiger partial charge on any atom is 0.258 e. The molecule has 0 bridgehead atoms. The number of fused-ring (bicyclic) bond motifs is 7. The van der Waals surface area contributed by atoms with Gasteiger partial charge in [-0.1, -0.05) is 27.4 Å². The van der Waals surface area contributed by atoms with Crippen molar-refractivity contribution < 1.29 is 23.7 Å². The van der Waals surface area contributed by atoms with E-state index in [-0.39, 0.29) is 30.5 Å². The van der Waals surface area contributed by atoms with Crippen molar-refractivity contribution in [2.24, 2.45) is 5.92 Å². The van der Waals surface area contributed by atoms with E-state index in [4.69, 9.17) is 19.2 Å². The SMILES string of the molecule is C=C1OCc2c(cc3n(c2=O)Cc2c-3nc3cc(F)c4c(c3c2CC(C)C)OCO4)[C@@]1(O)CC. The third-order valence-electron chi connectivity index (χ3n) is 7.14. The zero-order chi connectivity index (χ0) is 23.9. The highest BCUT2D eigenvalue weighted by Crippen LogP contribution is 2.47. The molecule has 1 aromatic carbocycles. The zero-order valence-electron chi connectivity index (χ0n) is 19.3. The molecule has 7 nitrogen and oxygen atoms in total. The van der Waals surface area contributed by atoms with Gasteiger partial charge in [-0.25, -0.2) is 9.37 Å². The lowest BCUT2D eigenvalue weighted by molar-refractivity contribution is -0.0172. The van der Waals surface area contributed by atoms with Crippen molar-refractivity contribution in [3.63, 3.8) is 0 Å². The molecular formula is C26H25FN2O5. The Bertz CT molecular complexity index is 1480. The average molecular weight is 464 g/mol. The maximum absolute atomic E-state index is 14.8. The lowest BCUT2D eigenvalue weighted by Gasteiger charge is -2.35. The summed E-state index contributed by atoms with van der Waals surface area (Å²) in [5.41, 5.74) is 2.80. The van der Waals surface area contributed by atoms with Gasteiger partial charge in [0.15, 0.2) is 11.6 Å². The summed E-state index contributed by atoms with van der Waals surface area (Å²) in [6.07, 6.45) is 1.01. The summed E-state index contributed by atoms with van der Waals surface area (Å²) in [6.45, 7) is 10.3. The summed E-state index contributed by atoms with van der Waals surface area (Å²) in [4.78, 5) is 18.4. The Hall–Kier alpha value is -3.39. The van der Waals surface area contributed by atoms with Crippen LogP contribution in [0.3, 0.4) is 0 Å². The summed E-state index contributed by atoms with van der Waals surface area (Å²) in [7, 11) is 0. The van der Waals surface area contributed by atoms with E-state index in [1.165, 1.54) is 6.07 Å². The predicted octanol–water partition coefficient (Wildman–Crippen LogP) is 4.13. The second-order valence-corrected chi connectivity index (χ2v) is 9.57. The molecule has 176 valence electrons. The van der Waals surface area contributed by atoms with Crippen LogP contribution in [-0.2, 0) is 29.9 Å². The van der Waals surface area contributed by atoms with Crippen LogP contribution in [0.25, 0.3) is 22.3 Å². The predicted molar refractivity (Wildman–Crippen MR) is 123 cm³/mol. The zero-order valence-corrected chi connectivity index (χ0v) is 19.3. The van der Waals surface area contributed by atoms with Gasteiger partial charge in [-0.2, -0.15) is 0 Å². The van der Waals surface area contributed by atoms with Crippen LogP contribution < -0.4 is 15.0 Å². The van der Waals surface area contributed by atoms with E-state index in [2.05, 4.69) is 20.4 Å². The second-order valence-electron chi connectivity index (χ2n) is 9.57. The summed E-state index contributed by atoms with van der Waals surface area (Å²) in [6, 6.07) is 3.19. The molecule has 5 heterocycles. The number of nitrogens with zero attached hydrogens (tertiary/aromatic N) is 2. The van der Waals surface area contributed by atoms with Crippen molar-refractivity contribution in [2.45, 2.75) is 52.4 Å². The number of aliphatic hydroxyl groups is 1. The third-order valence-corrected chi connectivity index (χ3v) is 7.14. The molecule has 1 atom stereocenters. The van der Waals surface area contributed by atoms with E-state index in [0.29, 0.717) is 59.1 Å². The fourth-order valence-corrected chi connectivity index (χ4v) is 5.42. The van der Waals surface area contributed by atoms with Gasteiger partial charge in [0.25, 0.3) is 5.56 Å². The molecule has 3 aromatic rings. The molecule has 3 aliphatic heterocycles. The molecule has 1 N–H and O–H groups in total. The lowest BCUT2D eigenvalue weighted by Crippen LogP contribution is -2.38. The normalized spacial score (nSPS) is 19.9. The molecule has 8 heteroatoms. The Morgan fingerprint density at radius 2 is 2.00 bits per heavy atom. The molecule has 0 radical (unpaired) electrons. The highest BCUT2D eigenvalue weighted by Gasteiger charge is 2.42. The summed E-state index contributed by atoms with van der Waals surface area (Å²) in [5.74, 6) is 0.470. The summed E-state index contributed by atoms with van der Waals surface area (Å²) in [5, 5.41) is 12.0. The van der Waals surface area contributed by atoms with Crippen LogP contribution in [0.15, 0.2) is 29.3 Å². The average Bonchev–Trinajstić information content (AvgIpc) is 3.42. The molecule has 0 saturated carbocycles. The van der Waals surface area contributed by atoms with Crippen LogP contribution in [0.5, 0.6) is 11.5 Å². The third kappa shape index (κ3) is 2.66. The standard InChI is InChI=1S/C26H25FN2O5/c1-5-26(31)13(4)32-10-16-17(26)7-20-22-15(9-29(20)25(16)30)14(6-12(2)3)21-19(28-22)8-18(27)23-24(21)34-11-33-23/h7-8,12,31H,4-6,9-11H2,1-3H3/t26-/m1/s1. The molecule has 34 heavy (non-hydrogen) atoms. The van der Waals surface area contributed by atoms with E-state index >= 15 is 0 Å². The lowest BCUT2D eigenvalue weighted by atomic mass is 9.84. The van der Waals surface area contributed by atoms with Gasteiger partial charge in [0.2, 0.25) is 12.5 Å². The first-order valence-corrected chi connectivity index (χ1v) is 11.5. The molecule has 3 aliphatic rings. The summed E-state index contributed by atoms with van der Waals surface area (Å²) < 4.78 is 33.1. The van der Waals surface area contributed by atoms with E-state index in [1.807, 2.05) is 13.0 Å². The van der Waals surface area contributed by atoms with Crippen molar-refractivity contribution in [3.05, 3.63) is 62.9 Å². The van der Waals surface area contributed by atoms with Gasteiger partial charge in [0.05, 0.1) is 34.4 Å². The quantitative estimate of drug-likeness (QED) is 0.491. The smallest absolute Gasteiger partial charge is 0.258 e. The van der Waals surface area contributed by atoms with Crippen LogP contribution in [0.4, 0.5) is 4.39 Å². The molecule has 0 saturated heterocycles. The van der Waals surface area contributed by atoms with Crippen LogP contribution in [0.1, 0.15) is 49.4 Å². The van der Waals surface area contributed by atoms with Gasteiger partial charge < -0.3 is 23.9 Å². The maximum atomic E-state index is 14.8. The molecule has 0 unspecified atom stereocenters. The minimum atomic E-state index is -1.46. The van der Waals surface area contributed by atoms with Gasteiger partial charge in [-0.15, -0.1) is 0 Å². The number of rotatable bonds is 3. The number of ether oxygens (including phenoxy) is 3. The van der Waals surface area contributed by atoms with Crippen LogP contribution in [0.2, 0.25) is 0 Å². The van der Waals surface area contributed by atoms with Crippen LogP contribution in [-0.4, -0.2) is 21.5 Å². The first-order chi connectivity index (χ1) is 16.2. The number of hydrogen-bond donors (Lipinski definition) is 1. The topological polar surface area (TPSA) is 82.8 Å². The van der Waals surface area contributed by atoms with Crippen molar-refractivity contribution in [1.29, 1.82) is 0 Å². The van der Waals surface area contributed by atoms with Crippen LogP contribution in [0, 0.1) is 11.7 Å². The Balaban J connectivity index is 1.68. The fraction of sp³-hybridized carbons (Fsp3) is 0.385. The minimum absolute atomic E-state index is 0.0462. The van der Waals surface area contributed by atoms with Gasteiger partial charge in [0, 0.05) is 17.2 Å². The van der Waals surface area contributed by atoms with E-state index < -0.39 is 11.4 Å². The second kappa shape index (κ2) is 7.06. The molecule has 0 amide bonds. The van der Waals surface area contributed by atoms with E-state index in [1.54, 1.807) is 4.57 Å². The molecule has 2 aromatic heterocycles. The summed E-state index contributed by atoms with van der Waals surface area (Å²) >= 11 is 0. The monoisotopic (exact) mass is 464 g/mol. The number of hydrogen-bond acceptors (Lipinski definition) is 6. The fourth-order valence-electron chi connectivity index (χ4n) is 5.42. The number of aromatic nitrogens is 2. The van der Waals surface area contributed by atoms with Crippen molar-refractivity contribution in [1.82, 2.24) is 9.55 Å². The van der Waals surface area contributed by atoms with Crippen molar-refractivity contribution in [2.75, 3.05) is 6.79 Å². The van der Waals surface area contributed by atoms with E-state index in [0.717, 1.165) is 16.5 Å². The Morgan fingerprint density at radius 3 is 2.74 bits per heavy atom. The molecular weight excluding hydrogens is 439 g/mol. The van der Waals surface area contributed by atoms with Gasteiger partial charge >= 0.3 is 0 Å². The molecule has 0 spiro atoms. The van der Waals surface area contributed by atoms with Gasteiger partial charge in [0.1, 0.15) is 18.0 Å². The molecule has 0 fully saturated rings. The van der Waals surface area contributed by atoms with Crippen LogP contribution >= 0.6 is 0 Å². The Kier molecular flexibility index (Phi) is 4.39. The highest BCUT2D eigenvalue weighted by molar-refractivity contribution is 5.95. The van der Waals surface area contributed by atoms with Gasteiger partial charge in [-0.05, 0) is 30.4 Å². The minimum Gasteiger partial charge on any atom is -0.490 e. The van der Waals surface area contributed by atoms with E-state index in [9.17, 15) is 14.3 Å². The number of pyridine rings is 2. The Labute approximate surface area is 195 Å². The first-order valence-electron chi connectivity index (χ1n) is 11.5. The van der Waals surface area contributed by atoms with Crippen molar-refractivity contribution in [3.8, 4) is 22.9 Å². The largest absolute Gasteiger partial charge is 0.490 e. The molecule has 6 rings (SSSR count).